The molecule has 1 fully saturated rings. The third-order valence-electron chi connectivity index (χ3n) is 3.76. The van der Waals surface area contributed by atoms with Gasteiger partial charge in [0.1, 0.15) is 0 Å². The van der Waals surface area contributed by atoms with E-state index in [0.717, 1.165) is 27.3 Å². The quantitative estimate of drug-likeness (QED) is 0.773. The highest BCUT2D eigenvalue weighted by Gasteiger charge is 2.23. The first-order valence-electron chi connectivity index (χ1n) is 6.72. The van der Waals surface area contributed by atoms with E-state index in [1.54, 1.807) is 0 Å². The molecule has 1 aliphatic carbocycles. The van der Waals surface area contributed by atoms with Gasteiger partial charge < -0.3 is 5.32 Å². The van der Waals surface area contributed by atoms with Gasteiger partial charge in [-0.2, -0.15) is 0 Å². The van der Waals surface area contributed by atoms with Crippen molar-refractivity contribution in [1.29, 1.82) is 0 Å². The number of hydrogen-bond donors (Lipinski definition) is 1. The zero-order valence-corrected chi connectivity index (χ0v) is 14.2. The molecule has 0 bridgehead atoms. The molecule has 3 heteroatoms. The van der Waals surface area contributed by atoms with E-state index < -0.39 is 0 Å². The van der Waals surface area contributed by atoms with Crippen molar-refractivity contribution in [2.45, 2.75) is 45.7 Å². The van der Waals surface area contributed by atoms with Gasteiger partial charge in [0.2, 0.25) is 0 Å². The largest absolute Gasteiger partial charge is 0.310 e. The van der Waals surface area contributed by atoms with Crippen LogP contribution >= 0.6 is 31.9 Å². The highest BCUT2D eigenvalue weighted by molar-refractivity contribution is 9.13. The van der Waals surface area contributed by atoms with Crippen molar-refractivity contribution < 1.29 is 0 Å². The second kappa shape index (κ2) is 6.53. The standard InChI is InChI=1S/C15H21Br2N/c1-10-5-11(2)7-13(6-10)18-9-12-3-4-14(16)15(17)8-12/h3-4,8,10-11,13,18H,5-7,9H2,1-2H3. The van der Waals surface area contributed by atoms with Crippen molar-refractivity contribution in [3.05, 3.63) is 32.7 Å². The van der Waals surface area contributed by atoms with Gasteiger partial charge in [-0.1, -0.05) is 19.9 Å². The third-order valence-corrected chi connectivity index (χ3v) is 5.64. The Balaban J connectivity index is 1.89. The van der Waals surface area contributed by atoms with Crippen molar-refractivity contribution >= 4 is 31.9 Å². The summed E-state index contributed by atoms with van der Waals surface area (Å²) in [6.45, 7) is 5.72. The Morgan fingerprint density at radius 1 is 1.06 bits per heavy atom. The second-order valence-electron chi connectivity index (χ2n) is 5.74. The fraction of sp³-hybridized carbons (Fsp3) is 0.600. The Labute approximate surface area is 127 Å². The van der Waals surface area contributed by atoms with Gasteiger partial charge in [-0.05, 0) is 80.7 Å². The van der Waals surface area contributed by atoms with Crippen LogP contribution in [-0.4, -0.2) is 6.04 Å². The van der Waals surface area contributed by atoms with E-state index in [1.807, 2.05) is 0 Å². The molecule has 0 aromatic heterocycles. The first-order valence-corrected chi connectivity index (χ1v) is 8.30. The van der Waals surface area contributed by atoms with E-state index in [1.165, 1.54) is 24.8 Å². The smallest absolute Gasteiger partial charge is 0.0320 e. The first-order chi connectivity index (χ1) is 8.54. The SMILES string of the molecule is CC1CC(C)CC(NCc2ccc(Br)c(Br)c2)C1. The molecule has 2 unspecified atom stereocenters. The summed E-state index contributed by atoms with van der Waals surface area (Å²) in [4.78, 5) is 0. The molecule has 1 aromatic rings. The molecule has 1 aliphatic rings. The monoisotopic (exact) mass is 373 g/mol. The van der Waals surface area contributed by atoms with Crippen molar-refractivity contribution in [3.63, 3.8) is 0 Å². The molecule has 0 heterocycles. The predicted octanol–water partition coefficient (Wildman–Crippen LogP) is 5.13. The van der Waals surface area contributed by atoms with E-state index in [4.69, 9.17) is 0 Å². The Morgan fingerprint density at radius 3 is 2.33 bits per heavy atom. The van der Waals surface area contributed by atoms with Crippen molar-refractivity contribution in [3.8, 4) is 0 Å². The van der Waals surface area contributed by atoms with E-state index in [0.29, 0.717) is 6.04 Å². The molecular weight excluding hydrogens is 354 g/mol. The predicted molar refractivity (Wildman–Crippen MR) is 84.6 cm³/mol. The lowest BCUT2D eigenvalue weighted by Gasteiger charge is -2.32. The Morgan fingerprint density at radius 2 is 1.72 bits per heavy atom. The average molecular weight is 375 g/mol. The molecule has 1 nitrogen and oxygen atoms in total. The van der Waals surface area contributed by atoms with Gasteiger partial charge in [-0.25, -0.2) is 0 Å². The minimum Gasteiger partial charge on any atom is -0.310 e. The van der Waals surface area contributed by atoms with Crippen LogP contribution in [0, 0.1) is 11.8 Å². The molecule has 18 heavy (non-hydrogen) atoms. The maximum atomic E-state index is 3.71. The molecule has 0 amide bonds. The van der Waals surface area contributed by atoms with E-state index in [2.05, 4.69) is 69.2 Å². The van der Waals surface area contributed by atoms with Crippen LogP contribution < -0.4 is 5.32 Å². The van der Waals surface area contributed by atoms with Crippen LogP contribution in [-0.2, 0) is 6.54 Å². The molecule has 1 saturated carbocycles. The lowest BCUT2D eigenvalue weighted by atomic mass is 9.80. The lowest BCUT2D eigenvalue weighted by molar-refractivity contribution is 0.238. The topological polar surface area (TPSA) is 12.0 Å². The van der Waals surface area contributed by atoms with Crippen LogP contribution in [0.3, 0.4) is 0 Å². The summed E-state index contributed by atoms with van der Waals surface area (Å²) in [6, 6.07) is 7.16. The molecule has 1 aromatic carbocycles. The summed E-state index contributed by atoms with van der Waals surface area (Å²) in [5.74, 6) is 1.73. The van der Waals surface area contributed by atoms with Crippen LogP contribution in [0.2, 0.25) is 0 Å². The molecule has 100 valence electrons. The van der Waals surface area contributed by atoms with Gasteiger partial charge in [-0.3, -0.25) is 0 Å². The molecule has 2 rings (SSSR count). The summed E-state index contributed by atoms with van der Waals surface area (Å²) in [6.07, 6.45) is 4.03. The Kier molecular flexibility index (Phi) is 5.28. The maximum absolute atomic E-state index is 3.71. The minimum absolute atomic E-state index is 0.686. The Bertz CT molecular complexity index is 395. The molecule has 0 saturated heterocycles. The Hall–Kier alpha value is 0.140. The van der Waals surface area contributed by atoms with Gasteiger partial charge in [0.15, 0.2) is 0 Å². The fourth-order valence-electron chi connectivity index (χ4n) is 3.03. The van der Waals surface area contributed by atoms with E-state index in [9.17, 15) is 0 Å². The zero-order chi connectivity index (χ0) is 13.1. The summed E-state index contributed by atoms with van der Waals surface area (Å²) < 4.78 is 2.25. The average Bonchev–Trinajstić information content (AvgIpc) is 2.29. The van der Waals surface area contributed by atoms with Gasteiger partial charge in [0.05, 0.1) is 0 Å². The van der Waals surface area contributed by atoms with Crippen molar-refractivity contribution in [2.24, 2.45) is 11.8 Å². The highest BCUT2D eigenvalue weighted by atomic mass is 79.9. The van der Waals surface area contributed by atoms with E-state index >= 15 is 0 Å². The van der Waals surface area contributed by atoms with Gasteiger partial charge in [0, 0.05) is 21.5 Å². The van der Waals surface area contributed by atoms with Crippen LogP contribution in [0.4, 0.5) is 0 Å². The molecule has 0 radical (unpaired) electrons. The van der Waals surface area contributed by atoms with Gasteiger partial charge in [0.25, 0.3) is 0 Å². The van der Waals surface area contributed by atoms with Crippen LogP contribution in [0.25, 0.3) is 0 Å². The normalized spacial score (nSPS) is 28.3. The van der Waals surface area contributed by atoms with Crippen LogP contribution in [0.5, 0.6) is 0 Å². The van der Waals surface area contributed by atoms with Crippen LogP contribution in [0.15, 0.2) is 27.1 Å². The first kappa shape index (κ1) is 14.5. The van der Waals surface area contributed by atoms with Crippen molar-refractivity contribution in [1.82, 2.24) is 5.32 Å². The van der Waals surface area contributed by atoms with Gasteiger partial charge >= 0.3 is 0 Å². The molecule has 2 atom stereocenters. The number of halogens is 2. The minimum atomic E-state index is 0.686. The van der Waals surface area contributed by atoms with E-state index in [-0.39, 0.29) is 0 Å². The molecule has 0 spiro atoms. The summed E-state index contributed by atoms with van der Waals surface area (Å²) in [5, 5.41) is 3.71. The molecular formula is C15H21Br2N. The lowest BCUT2D eigenvalue weighted by Crippen LogP contribution is -2.35. The summed E-state index contributed by atoms with van der Waals surface area (Å²) in [7, 11) is 0. The number of hydrogen-bond acceptors (Lipinski definition) is 1. The number of rotatable bonds is 3. The number of benzene rings is 1. The van der Waals surface area contributed by atoms with Gasteiger partial charge in [-0.15, -0.1) is 0 Å². The summed E-state index contributed by atoms with van der Waals surface area (Å²) in [5.41, 5.74) is 1.34. The van der Waals surface area contributed by atoms with Crippen molar-refractivity contribution in [2.75, 3.05) is 0 Å². The molecule has 1 N–H and O–H groups in total. The highest BCUT2D eigenvalue weighted by Crippen LogP contribution is 2.29. The maximum Gasteiger partial charge on any atom is 0.0320 e. The zero-order valence-electron chi connectivity index (χ0n) is 11.0. The summed E-state index contributed by atoms with van der Waals surface area (Å²) >= 11 is 7.06. The third kappa shape index (κ3) is 4.07. The number of nitrogens with one attached hydrogen (secondary N) is 1. The second-order valence-corrected chi connectivity index (χ2v) is 7.45. The fourth-order valence-corrected chi connectivity index (χ4v) is 3.70. The van der Waals surface area contributed by atoms with Crippen LogP contribution in [0.1, 0.15) is 38.7 Å². The molecule has 0 aliphatic heterocycles.